The number of amidine groups is 1. The maximum absolute atomic E-state index is 11.1. The molecule has 7 nitrogen and oxygen atoms in total. The molecule has 0 radical (unpaired) electrons. The van der Waals surface area contributed by atoms with Crippen LogP contribution >= 0.6 is 0 Å². The summed E-state index contributed by atoms with van der Waals surface area (Å²) in [5, 5.41) is 18.9. The van der Waals surface area contributed by atoms with Gasteiger partial charge in [-0.05, 0) is 26.2 Å². The van der Waals surface area contributed by atoms with E-state index in [4.69, 9.17) is 5.21 Å². The molecule has 4 N–H and O–H groups in total. The molecule has 1 aliphatic heterocycles. The van der Waals surface area contributed by atoms with Crippen LogP contribution in [0, 0.1) is 0 Å². The van der Waals surface area contributed by atoms with Crippen LogP contribution in [0.2, 0.25) is 0 Å². The van der Waals surface area contributed by atoms with Crippen molar-refractivity contribution in [3.8, 4) is 0 Å². The van der Waals surface area contributed by atoms with E-state index < -0.39 is 12.1 Å². The van der Waals surface area contributed by atoms with Gasteiger partial charge in [-0.25, -0.2) is 4.79 Å². The third kappa shape index (κ3) is 3.76. The fourth-order valence-corrected chi connectivity index (χ4v) is 1.44. The van der Waals surface area contributed by atoms with E-state index in [1.807, 2.05) is 0 Å². The molecule has 0 aromatic heterocycles. The number of hydrogen-bond donors (Lipinski definition) is 4. The van der Waals surface area contributed by atoms with Crippen molar-refractivity contribution in [2.24, 2.45) is 5.16 Å². The van der Waals surface area contributed by atoms with Crippen molar-refractivity contribution in [2.45, 2.75) is 32.2 Å². The van der Waals surface area contributed by atoms with Crippen molar-refractivity contribution in [2.75, 3.05) is 6.54 Å². The van der Waals surface area contributed by atoms with Gasteiger partial charge >= 0.3 is 6.03 Å². The average molecular weight is 228 g/mol. The van der Waals surface area contributed by atoms with E-state index in [1.165, 1.54) is 0 Å². The number of carbonyl (C=O) groups excluding carboxylic acids is 2. The van der Waals surface area contributed by atoms with Crippen LogP contribution in [-0.4, -0.2) is 35.6 Å². The average Bonchev–Trinajstić information content (AvgIpc) is 2.56. The third-order valence-electron chi connectivity index (χ3n) is 2.31. The second-order valence-electron chi connectivity index (χ2n) is 3.62. The SMILES string of the molecule is C/C(=N\O)NCCCCC1NC(=O)NC1=O. The molecule has 1 heterocycles. The van der Waals surface area contributed by atoms with Gasteiger partial charge in [0, 0.05) is 6.54 Å². The molecule has 1 aliphatic rings. The number of imide groups is 1. The molecule has 1 unspecified atom stereocenters. The largest absolute Gasteiger partial charge is 0.409 e. The van der Waals surface area contributed by atoms with Crippen molar-refractivity contribution >= 4 is 17.8 Å². The van der Waals surface area contributed by atoms with Crippen LogP contribution < -0.4 is 16.0 Å². The molecule has 0 aromatic rings. The molecule has 1 atom stereocenters. The van der Waals surface area contributed by atoms with Crippen molar-refractivity contribution in [3.63, 3.8) is 0 Å². The molecule has 1 fully saturated rings. The first-order valence-corrected chi connectivity index (χ1v) is 5.17. The van der Waals surface area contributed by atoms with Gasteiger partial charge < -0.3 is 15.8 Å². The van der Waals surface area contributed by atoms with E-state index in [9.17, 15) is 9.59 Å². The Bertz CT molecular complexity index is 303. The van der Waals surface area contributed by atoms with Crippen LogP contribution in [0.3, 0.4) is 0 Å². The number of amides is 3. The van der Waals surface area contributed by atoms with E-state index >= 15 is 0 Å². The number of nitrogens with zero attached hydrogens (tertiary/aromatic N) is 1. The number of urea groups is 1. The van der Waals surface area contributed by atoms with Gasteiger partial charge in [-0.2, -0.15) is 0 Å². The predicted octanol–water partition coefficient (Wildman–Crippen LogP) is -0.238. The summed E-state index contributed by atoms with van der Waals surface area (Å²) < 4.78 is 0. The topological polar surface area (TPSA) is 103 Å². The van der Waals surface area contributed by atoms with Gasteiger partial charge in [-0.15, -0.1) is 0 Å². The third-order valence-corrected chi connectivity index (χ3v) is 2.31. The lowest BCUT2D eigenvalue weighted by molar-refractivity contribution is -0.120. The van der Waals surface area contributed by atoms with Crippen molar-refractivity contribution in [1.82, 2.24) is 16.0 Å². The molecule has 0 saturated carbocycles. The summed E-state index contributed by atoms with van der Waals surface area (Å²) in [6.07, 6.45) is 2.27. The minimum atomic E-state index is -0.420. The summed E-state index contributed by atoms with van der Waals surface area (Å²) in [6, 6.07) is -0.823. The predicted molar refractivity (Wildman–Crippen MR) is 57.2 cm³/mol. The number of rotatable bonds is 5. The fourth-order valence-electron chi connectivity index (χ4n) is 1.44. The Morgan fingerprint density at radius 2 is 2.25 bits per heavy atom. The molecule has 1 saturated heterocycles. The lowest BCUT2D eigenvalue weighted by Crippen LogP contribution is -2.29. The number of nitrogens with one attached hydrogen (secondary N) is 3. The molecule has 0 aromatic carbocycles. The summed E-state index contributed by atoms with van der Waals surface area (Å²) >= 11 is 0. The first kappa shape index (κ1) is 12.3. The first-order chi connectivity index (χ1) is 7.63. The second-order valence-corrected chi connectivity index (χ2v) is 3.62. The molecule has 0 aliphatic carbocycles. The Morgan fingerprint density at radius 1 is 1.50 bits per heavy atom. The highest BCUT2D eigenvalue weighted by atomic mass is 16.4. The van der Waals surface area contributed by atoms with Crippen molar-refractivity contribution < 1.29 is 14.8 Å². The van der Waals surface area contributed by atoms with E-state index in [2.05, 4.69) is 21.1 Å². The van der Waals surface area contributed by atoms with Gasteiger partial charge in [0.05, 0.1) is 0 Å². The first-order valence-electron chi connectivity index (χ1n) is 5.17. The van der Waals surface area contributed by atoms with Crippen LogP contribution in [0.25, 0.3) is 0 Å². The van der Waals surface area contributed by atoms with E-state index in [-0.39, 0.29) is 5.91 Å². The Kier molecular flexibility index (Phi) is 4.56. The molecule has 16 heavy (non-hydrogen) atoms. The summed E-state index contributed by atoms with van der Waals surface area (Å²) in [5.74, 6) is 0.206. The maximum Gasteiger partial charge on any atom is 0.322 e. The molecular weight excluding hydrogens is 212 g/mol. The summed E-state index contributed by atoms with van der Waals surface area (Å²) in [4.78, 5) is 21.9. The fraction of sp³-hybridized carbons (Fsp3) is 0.667. The van der Waals surface area contributed by atoms with Crippen LogP contribution in [0.1, 0.15) is 26.2 Å². The smallest absolute Gasteiger partial charge is 0.322 e. The number of hydrogen-bond acceptors (Lipinski definition) is 4. The van der Waals surface area contributed by atoms with Crippen LogP contribution in [-0.2, 0) is 4.79 Å². The van der Waals surface area contributed by atoms with Crippen LogP contribution in [0.15, 0.2) is 5.16 Å². The van der Waals surface area contributed by atoms with Crippen LogP contribution in [0.5, 0.6) is 0 Å². The number of carbonyl (C=O) groups is 2. The zero-order valence-corrected chi connectivity index (χ0v) is 9.12. The summed E-state index contributed by atoms with van der Waals surface area (Å²) in [7, 11) is 0. The molecule has 3 amide bonds. The highest BCUT2D eigenvalue weighted by Gasteiger charge is 2.28. The highest BCUT2D eigenvalue weighted by Crippen LogP contribution is 2.04. The Balaban J connectivity index is 2.08. The minimum Gasteiger partial charge on any atom is -0.409 e. The molecular formula is C9H16N4O3. The zero-order chi connectivity index (χ0) is 12.0. The monoisotopic (exact) mass is 228 g/mol. The Hall–Kier alpha value is -1.79. The maximum atomic E-state index is 11.1. The zero-order valence-electron chi connectivity index (χ0n) is 9.12. The molecule has 1 rings (SSSR count). The quantitative estimate of drug-likeness (QED) is 0.130. The van der Waals surface area contributed by atoms with Gasteiger partial charge in [-0.1, -0.05) is 5.16 Å². The lowest BCUT2D eigenvalue weighted by Gasteiger charge is -2.07. The standard InChI is InChI=1S/C9H16N4O3/c1-6(13-16)10-5-3-2-4-7-8(14)12-9(15)11-7/h7,16H,2-5H2,1H3,(H,10,13)(H2,11,12,14,15). The Labute approximate surface area is 93.3 Å². The van der Waals surface area contributed by atoms with E-state index in [0.717, 1.165) is 12.8 Å². The highest BCUT2D eigenvalue weighted by molar-refractivity contribution is 6.04. The van der Waals surface area contributed by atoms with Crippen molar-refractivity contribution in [1.29, 1.82) is 0 Å². The van der Waals surface area contributed by atoms with Gasteiger partial charge in [0.1, 0.15) is 11.9 Å². The number of unbranched alkanes of at least 4 members (excludes halogenated alkanes) is 1. The second kappa shape index (κ2) is 5.94. The van der Waals surface area contributed by atoms with E-state index in [0.29, 0.717) is 18.8 Å². The molecule has 0 bridgehead atoms. The number of oxime groups is 1. The lowest BCUT2D eigenvalue weighted by atomic mass is 10.1. The normalized spacial score (nSPS) is 20.6. The van der Waals surface area contributed by atoms with Gasteiger partial charge in [0.25, 0.3) is 5.91 Å². The van der Waals surface area contributed by atoms with Gasteiger partial charge in [-0.3, -0.25) is 10.1 Å². The van der Waals surface area contributed by atoms with E-state index in [1.54, 1.807) is 6.92 Å². The Morgan fingerprint density at radius 3 is 2.81 bits per heavy atom. The molecule has 7 heteroatoms. The van der Waals surface area contributed by atoms with Gasteiger partial charge in [0.15, 0.2) is 0 Å². The summed E-state index contributed by atoms with van der Waals surface area (Å²) in [6.45, 7) is 2.34. The molecule has 0 spiro atoms. The van der Waals surface area contributed by atoms with Crippen molar-refractivity contribution in [3.05, 3.63) is 0 Å². The minimum absolute atomic E-state index is 0.258. The summed E-state index contributed by atoms with van der Waals surface area (Å²) in [5.41, 5.74) is 0. The molecule has 90 valence electrons. The van der Waals surface area contributed by atoms with Crippen LogP contribution in [0.4, 0.5) is 4.79 Å². The van der Waals surface area contributed by atoms with Gasteiger partial charge in [0.2, 0.25) is 0 Å².